The Kier molecular flexibility index (Phi) is 4.27. The number of aryl methyl sites for hydroxylation is 3. The molecule has 1 saturated carbocycles. The molecule has 0 unspecified atom stereocenters. The van der Waals surface area contributed by atoms with Gasteiger partial charge in [0.2, 0.25) is 0 Å². The molecule has 0 saturated heterocycles. The summed E-state index contributed by atoms with van der Waals surface area (Å²) >= 11 is 1.76. The largest absolute Gasteiger partial charge is 0.486 e. The topological polar surface area (TPSA) is 34.1 Å². The fourth-order valence-electron chi connectivity index (χ4n) is 2.24. The number of ether oxygens (including phenoxy) is 1. The molecule has 0 aliphatic heterocycles. The number of hydrogen-bond acceptors (Lipinski definition) is 4. The highest BCUT2D eigenvalue weighted by atomic mass is 32.1. The smallest absolute Gasteiger partial charge is 0.140 e. The molecular weight excluding hydrogens is 280 g/mol. The predicted molar refractivity (Wildman–Crippen MR) is 87.0 cm³/mol. The standard InChI is InChI=1S/C17H22N2OS/c1-11-4-5-12(2)15(8-11)20-10-17-19-13(3)16(21-17)9-18-14-6-7-14/h4-5,8,14,18H,6-7,9-10H2,1-3H3. The Morgan fingerprint density at radius 3 is 2.86 bits per heavy atom. The Balaban J connectivity index is 1.61. The van der Waals surface area contributed by atoms with Crippen LogP contribution in [-0.2, 0) is 13.2 Å². The summed E-state index contributed by atoms with van der Waals surface area (Å²) in [7, 11) is 0. The fraction of sp³-hybridized carbons (Fsp3) is 0.471. The molecule has 1 aliphatic rings. The van der Waals surface area contributed by atoms with E-state index in [4.69, 9.17) is 4.74 Å². The number of benzene rings is 1. The summed E-state index contributed by atoms with van der Waals surface area (Å²) in [6.45, 7) is 7.74. The molecule has 3 rings (SSSR count). The second kappa shape index (κ2) is 6.16. The highest BCUT2D eigenvalue weighted by Crippen LogP contribution is 2.25. The molecule has 112 valence electrons. The summed E-state index contributed by atoms with van der Waals surface area (Å²) in [5.74, 6) is 0.959. The van der Waals surface area contributed by atoms with Crippen molar-refractivity contribution in [2.75, 3.05) is 0 Å². The molecule has 0 radical (unpaired) electrons. The van der Waals surface area contributed by atoms with Gasteiger partial charge in [-0.05, 0) is 50.8 Å². The van der Waals surface area contributed by atoms with E-state index < -0.39 is 0 Å². The maximum atomic E-state index is 5.94. The van der Waals surface area contributed by atoms with Gasteiger partial charge >= 0.3 is 0 Å². The molecule has 1 aromatic carbocycles. The molecule has 1 fully saturated rings. The molecule has 0 bridgehead atoms. The monoisotopic (exact) mass is 302 g/mol. The number of rotatable bonds is 6. The van der Waals surface area contributed by atoms with Crippen molar-refractivity contribution in [1.82, 2.24) is 10.3 Å². The van der Waals surface area contributed by atoms with Gasteiger partial charge < -0.3 is 10.1 Å². The van der Waals surface area contributed by atoms with Crippen LogP contribution >= 0.6 is 11.3 Å². The minimum atomic E-state index is 0.555. The molecular formula is C17H22N2OS. The van der Waals surface area contributed by atoms with Crippen molar-refractivity contribution in [3.8, 4) is 5.75 Å². The molecule has 3 nitrogen and oxygen atoms in total. The maximum absolute atomic E-state index is 5.94. The van der Waals surface area contributed by atoms with Crippen LogP contribution in [-0.4, -0.2) is 11.0 Å². The lowest BCUT2D eigenvalue weighted by Gasteiger charge is -2.08. The molecule has 1 N–H and O–H groups in total. The first kappa shape index (κ1) is 14.5. The van der Waals surface area contributed by atoms with E-state index in [-0.39, 0.29) is 0 Å². The Labute approximate surface area is 130 Å². The summed E-state index contributed by atoms with van der Waals surface area (Å²) in [4.78, 5) is 5.96. The Hall–Kier alpha value is -1.39. The summed E-state index contributed by atoms with van der Waals surface area (Å²) in [6, 6.07) is 7.03. The van der Waals surface area contributed by atoms with Crippen molar-refractivity contribution in [3.05, 3.63) is 44.9 Å². The summed E-state index contributed by atoms with van der Waals surface area (Å²) in [6.07, 6.45) is 2.64. The van der Waals surface area contributed by atoms with E-state index in [9.17, 15) is 0 Å². The quantitative estimate of drug-likeness (QED) is 0.879. The Morgan fingerprint density at radius 1 is 1.29 bits per heavy atom. The number of thiazole rings is 1. The highest BCUT2D eigenvalue weighted by Gasteiger charge is 2.21. The van der Waals surface area contributed by atoms with Crippen LogP contribution in [0.3, 0.4) is 0 Å². The summed E-state index contributed by atoms with van der Waals surface area (Å²) in [5.41, 5.74) is 3.53. The van der Waals surface area contributed by atoms with Crippen LogP contribution in [0.4, 0.5) is 0 Å². The van der Waals surface area contributed by atoms with Gasteiger partial charge in [0.05, 0.1) is 5.69 Å². The zero-order valence-electron chi connectivity index (χ0n) is 12.9. The molecule has 1 aromatic heterocycles. The van der Waals surface area contributed by atoms with Gasteiger partial charge in [-0.25, -0.2) is 4.98 Å². The van der Waals surface area contributed by atoms with Crippen molar-refractivity contribution >= 4 is 11.3 Å². The van der Waals surface area contributed by atoms with Crippen LogP contribution in [0.25, 0.3) is 0 Å². The van der Waals surface area contributed by atoms with Gasteiger partial charge in [-0.3, -0.25) is 0 Å². The van der Waals surface area contributed by atoms with Gasteiger partial charge in [-0.15, -0.1) is 11.3 Å². The molecule has 0 amide bonds. The van der Waals surface area contributed by atoms with Crippen LogP contribution < -0.4 is 10.1 Å². The summed E-state index contributed by atoms with van der Waals surface area (Å²) < 4.78 is 5.94. The lowest BCUT2D eigenvalue weighted by atomic mass is 10.1. The zero-order chi connectivity index (χ0) is 14.8. The van der Waals surface area contributed by atoms with Crippen LogP contribution in [0.1, 0.15) is 39.5 Å². The van der Waals surface area contributed by atoms with Crippen LogP contribution in [0.5, 0.6) is 5.75 Å². The lowest BCUT2D eigenvalue weighted by Crippen LogP contribution is -2.14. The number of hydrogen-bond donors (Lipinski definition) is 1. The van der Waals surface area contributed by atoms with Gasteiger partial charge in [0.25, 0.3) is 0 Å². The first-order valence-electron chi connectivity index (χ1n) is 7.50. The third-order valence-corrected chi connectivity index (χ3v) is 4.89. The van der Waals surface area contributed by atoms with E-state index in [0.29, 0.717) is 6.61 Å². The molecule has 1 aliphatic carbocycles. The number of nitrogens with one attached hydrogen (secondary N) is 1. The minimum Gasteiger partial charge on any atom is -0.486 e. The Morgan fingerprint density at radius 2 is 2.10 bits per heavy atom. The van der Waals surface area contributed by atoms with Gasteiger partial charge in [0.1, 0.15) is 17.4 Å². The molecule has 2 aromatic rings. The highest BCUT2D eigenvalue weighted by molar-refractivity contribution is 7.11. The van der Waals surface area contributed by atoms with E-state index >= 15 is 0 Å². The van der Waals surface area contributed by atoms with Crippen LogP contribution in [0, 0.1) is 20.8 Å². The third-order valence-electron chi connectivity index (χ3n) is 3.76. The predicted octanol–water partition coefficient (Wildman–Crippen LogP) is 3.90. The van der Waals surface area contributed by atoms with Crippen molar-refractivity contribution in [2.45, 2.75) is 52.8 Å². The van der Waals surface area contributed by atoms with E-state index in [1.807, 2.05) is 0 Å². The molecule has 0 atom stereocenters. The minimum absolute atomic E-state index is 0.555. The third kappa shape index (κ3) is 3.83. The van der Waals surface area contributed by atoms with E-state index in [0.717, 1.165) is 29.0 Å². The zero-order valence-corrected chi connectivity index (χ0v) is 13.7. The SMILES string of the molecule is Cc1ccc(C)c(OCc2nc(C)c(CNC3CC3)s2)c1. The maximum Gasteiger partial charge on any atom is 0.140 e. The van der Waals surface area contributed by atoms with Gasteiger partial charge in [0, 0.05) is 17.5 Å². The average molecular weight is 302 g/mol. The normalized spacial score (nSPS) is 14.4. The van der Waals surface area contributed by atoms with Crippen molar-refractivity contribution in [1.29, 1.82) is 0 Å². The second-order valence-electron chi connectivity index (χ2n) is 5.83. The van der Waals surface area contributed by atoms with Crippen molar-refractivity contribution in [3.63, 3.8) is 0 Å². The lowest BCUT2D eigenvalue weighted by molar-refractivity contribution is 0.303. The van der Waals surface area contributed by atoms with Crippen molar-refractivity contribution < 1.29 is 4.74 Å². The molecule has 4 heteroatoms. The van der Waals surface area contributed by atoms with E-state index in [2.05, 4.69) is 49.3 Å². The van der Waals surface area contributed by atoms with Crippen LogP contribution in [0.2, 0.25) is 0 Å². The molecule has 0 spiro atoms. The first-order chi connectivity index (χ1) is 10.1. The fourth-order valence-corrected chi connectivity index (χ4v) is 3.17. The average Bonchev–Trinajstić information content (AvgIpc) is 3.21. The van der Waals surface area contributed by atoms with E-state index in [1.54, 1.807) is 11.3 Å². The van der Waals surface area contributed by atoms with Crippen molar-refractivity contribution in [2.24, 2.45) is 0 Å². The van der Waals surface area contributed by atoms with Gasteiger partial charge in [-0.2, -0.15) is 0 Å². The second-order valence-corrected chi connectivity index (χ2v) is 7.00. The van der Waals surface area contributed by atoms with Crippen LogP contribution in [0.15, 0.2) is 18.2 Å². The van der Waals surface area contributed by atoms with Gasteiger partial charge in [0.15, 0.2) is 0 Å². The first-order valence-corrected chi connectivity index (χ1v) is 8.32. The van der Waals surface area contributed by atoms with E-state index in [1.165, 1.54) is 28.8 Å². The number of aromatic nitrogens is 1. The van der Waals surface area contributed by atoms with Gasteiger partial charge in [-0.1, -0.05) is 12.1 Å². The Bertz CT molecular complexity index is 632. The summed E-state index contributed by atoms with van der Waals surface area (Å²) in [5, 5.41) is 4.60. The number of nitrogens with zero attached hydrogens (tertiary/aromatic N) is 1. The molecule has 1 heterocycles. The molecule has 21 heavy (non-hydrogen) atoms.